The number of carbonyl (C=O) groups is 4. The summed E-state index contributed by atoms with van der Waals surface area (Å²) >= 11 is 0. The zero-order valence-corrected chi connectivity index (χ0v) is 35.7. The summed E-state index contributed by atoms with van der Waals surface area (Å²) in [5, 5.41) is 12.8. The fourth-order valence-electron chi connectivity index (χ4n) is 9.85. The lowest BCUT2D eigenvalue weighted by Gasteiger charge is -2.46. The molecule has 3 aliphatic rings. The Bertz CT molecular complexity index is 2810. The second kappa shape index (κ2) is 17.8. The van der Waals surface area contributed by atoms with Crippen LogP contribution in [-0.4, -0.2) is 60.2 Å². The van der Waals surface area contributed by atoms with Crippen LogP contribution in [-0.2, 0) is 24.5 Å². The molecule has 0 bridgehead atoms. The van der Waals surface area contributed by atoms with Crippen LogP contribution in [0.2, 0.25) is 0 Å². The van der Waals surface area contributed by atoms with Crippen molar-refractivity contribution in [1.82, 2.24) is 10.2 Å². The number of nitrogens with zero attached hydrogens (tertiary/aromatic N) is 2. The lowest BCUT2D eigenvalue weighted by atomic mass is 9.65. The fourth-order valence-corrected chi connectivity index (χ4v) is 9.85. The molecule has 65 heavy (non-hydrogen) atoms. The number of morpholine rings is 1. The Balaban J connectivity index is 1.32. The summed E-state index contributed by atoms with van der Waals surface area (Å²) in [6.45, 7) is 1.54. The molecule has 0 saturated carbocycles. The summed E-state index contributed by atoms with van der Waals surface area (Å²) < 4.78 is 17.7. The molecule has 2 saturated heterocycles. The first kappa shape index (κ1) is 42.6. The fraction of sp³-hybridized carbons (Fsp3) is 0.208. The first-order valence-electron chi connectivity index (χ1n) is 21.4. The normalized spacial score (nSPS) is 22.5. The molecule has 7 atom stereocenters. The second-order valence-electron chi connectivity index (χ2n) is 16.2. The van der Waals surface area contributed by atoms with Crippen LogP contribution in [0.1, 0.15) is 70.1 Å². The SMILES string of the molecule is COc1ccc(C#Cc2ccc3c(c2)[C@]2(C(=O)N3C(=O)N[C@H](C)c3ccccc3)[C@H](C(N)=O)[C@H]3C(=O)O[C@H](c4ccccc4)[C@H](c4ccccc4)N3[C@@H]2c2cccc(OCCO)c2)cc1. The summed E-state index contributed by atoms with van der Waals surface area (Å²) in [6, 6.07) is 42.8. The molecule has 6 aromatic carbocycles. The van der Waals surface area contributed by atoms with Crippen molar-refractivity contribution in [1.29, 1.82) is 0 Å². The van der Waals surface area contributed by atoms with Crippen LogP contribution in [0.5, 0.6) is 11.5 Å². The number of aliphatic hydroxyl groups excluding tert-OH is 1. The van der Waals surface area contributed by atoms with Crippen molar-refractivity contribution < 1.29 is 38.5 Å². The zero-order valence-electron chi connectivity index (χ0n) is 35.7. The van der Waals surface area contributed by atoms with Gasteiger partial charge in [0.05, 0.1) is 43.4 Å². The molecule has 12 nitrogen and oxygen atoms in total. The standard InChI is InChI=1S/C53H46N4O8/c1-33(36-13-6-3-7-14-36)55-52(62)56-43-28-25-35(22-21-34-23-26-40(63-2)27-24-34)31-42(43)53(51(56)61)44(49(54)59)46-50(60)65-47(38-17-10-5-11-18-38)45(37-15-8-4-9-16-37)57(46)48(53)39-19-12-20-41(32-39)64-30-29-58/h3-20,23-28,31-33,44-48,58H,29-30H2,1-2H3,(H2,54,59)(H,55,62)/t33-,44+,45+,46+,47-,48-,53+/m1/s1. The van der Waals surface area contributed by atoms with E-state index in [1.807, 2.05) is 115 Å². The quantitative estimate of drug-likeness (QED) is 0.0966. The zero-order chi connectivity index (χ0) is 45.2. The number of anilines is 1. The molecule has 6 aromatic rings. The van der Waals surface area contributed by atoms with Crippen molar-refractivity contribution in [2.24, 2.45) is 11.7 Å². The van der Waals surface area contributed by atoms with Crippen LogP contribution in [0.4, 0.5) is 10.5 Å². The summed E-state index contributed by atoms with van der Waals surface area (Å²) in [4.78, 5) is 63.7. The van der Waals surface area contributed by atoms with Gasteiger partial charge in [-0.2, -0.15) is 0 Å². The van der Waals surface area contributed by atoms with Gasteiger partial charge >= 0.3 is 12.0 Å². The van der Waals surface area contributed by atoms with Crippen molar-refractivity contribution in [3.63, 3.8) is 0 Å². The Morgan fingerprint density at radius 1 is 0.769 bits per heavy atom. The summed E-state index contributed by atoms with van der Waals surface area (Å²) in [5.74, 6) is 3.43. The number of primary amides is 1. The molecule has 12 heteroatoms. The number of benzene rings is 6. The monoisotopic (exact) mass is 866 g/mol. The number of urea groups is 1. The third kappa shape index (κ3) is 7.54. The van der Waals surface area contributed by atoms with Crippen LogP contribution < -0.4 is 25.4 Å². The van der Waals surface area contributed by atoms with Crippen LogP contribution in [0, 0.1) is 17.8 Å². The Morgan fingerprint density at radius 3 is 2.06 bits per heavy atom. The highest BCUT2D eigenvalue weighted by molar-refractivity contribution is 6.24. The van der Waals surface area contributed by atoms with E-state index in [1.54, 1.807) is 61.7 Å². The highest BCUT2D eigenvalue weighted by Gasteiger charge is 2.75. The molecule has 4 amide bonds. The smallest absolute Gasteiger partial charge is 0.329 e. The molecule has 0 aliphatic carbocycles. The maximum Gasteiger partial charge on any atom is 0.329 e. The molecule has 3 heterocycles. The summed E-state index contributed by atoms with van der Waals surface area (Å²) in [6.07, 6.45) is -0.911. The number of aliphatic hydroxyl groups is 1. The largest absolute Gasteiger partial charge is 0.497 e. The number of hydrogen-bond acceptors (Lipinski definition) is 9. The minimum absolute atomic E-state index is 0.0178. The van der Waals surface area contributed by atoms with Crippen LogP contribution in [0.3, 0.4) is 0 Å². The van der Waals surface area contributed by atoms with Crippen LogP contribution >= 0.6 is 0 Å². The lowest BCUT2D eigenvalue weighted by Crippen LogP contribution is -2.55. The number of rotatable bonds is 10. The first-order valence-corrected chi connectivity index (χ1v) is 21.4. The van der Waals surface area contributed by atoms with E-state index in [2.05, 4.69) is 17.2 Å². The van der Waals surface area contributed by atoms with Gasteiger partial charge in [0.1, 0.15) is 35.7 Å². The van der Waals surface area contributed by atoms with E-state index in [1.165, 1.54) is 0 Å². The van der Waals surface area contributed by atoms with E-state index < -0.39 is 65.4 Å². The Morgan fingerprint density at radius 2 is 1.40 bits per heavy atom. The Hall–Kier alpha value is -7.72. The van der Waals surface area contributed by atoms with Gasteiger partial charge in [-0.05, 0) is 89.3 Å². The maximum atomic E-state index is 16.3. The van der Waals surface area contributed by atoms with E-state index in [4.69, 9.17) is 19.9 Å². The average molecular weight is 867 g/mol. The number of ether oxygens (including phenoxy) is 3. The maximum absolute atomic E-state index is 16.3. The molecule has 0 radical (unpaired) electrons. The highest BCUT2D eigenvalue weighted by atomic mass is 16.6. The van der Waals surface area contributed by atoms with Gasteiger partial charge in [0.25, 0.3) is 0 Å². The van der Waals surface area contributed by atoms with Gasteiger partial charge < -0.3 is 30.4 Å². The molecular formula is C53H46N4O8. The average Bonchev–Trinajstić information content (AvgIpc) is 3.80. The number of cyclic esters (lactones) is 1. The molecule has 9 rings (SSSR count). The molecule has 3 aliphatic heterocycles. The second-order valence-corrected chi connectivity index (χ2v) is 16.2. The molecular weight excluding hydrogens is 821 g/mol. The predicted molar refractivity (Wildman–Crippen MR) is 243 cm³/mol. The van der Waals surface area contributed by atoms with E-state index in [-0.39, 0.29) is 24.5 Å². The highest BCUT2D eigenvalue weighted by Crippen LogP contribution is 2.66. The van der Waals surface area contributed by atoms with E-state index in [0.29, 0.717) is 33.8 Å². The number of carbonyl (C=O) groups excluding carboxylic acids is 4. The number of esters is 1. The molecule has 0 unspecified atom stereocenters. The van der Waals surface area contributed by atoms with E-state index >= 15 is 9.59 Å². The third-order valence-corrected chi connectivity index (χ3v) is 12.6. The van der Waals surface area contributed by atoms with Crippen LogP contribution in [0.25, 0.3) is 0 Å². The minimum Gasteiger partial charge on any atom is -0.497 e. The Kier molecular flexibility index (Phi) is 11.7. The Labute approximate surface area is 376 Å². The molecule has 4 N–H and O–H groups in total. The summed E-state index contributed by atoms with van der Waals surface area (Å²) in [5.41, 5.74) is 8.89. The topological polar surface area (TPSA) is 161 Å². The van der Waals surface area contributed by atoms with Gasteiger partial charge in [-0.15, -0.1) is 0 Å². The van der Waals surface area contributed by atoms with Gasteiger partial charge in [0.15, 0.2) is 0 Å². The lowest BCUT2D eigenvalue weighted by molar-refractivity contribution is -0.178. The van der Waals surface area contributed by atoms with Gasteiger partial charge in [-0.1, -0.05) is 115 Å². The van der Waals surface area contributed by atoms with Crippen molar-refractivity contribution in [2.75, 3.05) is 25.2 Å². The summed E-state index contributed by atoms with van der Waals surface area (Å²) in [7, 11) is 1.58. The predicted octanol–water partition coefficient (Wildman–Crippen LogP) is 7.09. The first-order chi connectivity index (χ1) is 31.6. The number of methoxy groups -OCH3 is 1. The number of imide groups is 1. The number of nitrogens with one attached hydrogen (secondary N) is 1. The van der Waals surface area contributed by atoms with Crippen molar-refractivity contribution >= 4 is 29.5 Å². The van der Waals surface area contributed by atoms with Gasteiger partial charge in [0.2, 0.25) is 11.8 Å². The minimum atomic E-state index is -2.04. The number of hydrogen-bond donors (Lipinski definition) is 3. The van der Waals surface area contributed by atoms with Gasteiger partial charge in [-0.3, -0.25) is 19.3 Å². The van der Waals surface area contributed by atoms with Crippen molar-refractivity contribution in [3.8, 4) is 23.3 Å². The molecule has 2 fully saturated rings. The van der Waals surface area contributed by atoms with Gasteiger partial charge in [0, 0.05) is 11.1 Å². The van der Waals surface area contributed by atoms with Crippen molar-refractivity contribution in [3.05, 3.63) is 197 Å². The molecule has 1 spiro atoms. The number of fused-ring (bicyclic) bond motifs is 3. The molecule has 326 valence electrons. The van der Waals surface area contributed by atoms with Gasteiger partial charge in [-0.25, -0.2) is 9.69 Å². The number of nitrogens with two attached hydrogens (primary N) is 1. The number of amides is 4. The van der Waals surface area contributed by atoms with Crippen LogP contribution in [0.15, 0.2) is 158 Å². The van der Waals surface area contributed by atoms with E-state index in [9.17, 15) is 14.7 Å². The third-order valence-electron chi connectivity index (χ3n) is 12.6. The van der Waals surface area contributed by atoms with Crippen molar-refractivity contribution in [2.45, 2.75) is 42.6 Å². The van der Waals surface area contributed by atoms with E-state index in [0.717, 1.165) is 16.0 Å². The molecule has 0 aromatic heterocycles.